The smallest absolute Gasteiger partial charge is 0.305 e. The molecule has 5 heteroatoms. The van der Waals surface area contributed by atoms with Crippen molar-refractivity contribution in [1.29, 1.82) is 0 Å². The van der Waals surface area contributed by atoms with Crippen LogP contribution in [0.5, 0.6) is 0 Å². The topological polar surface area (TPSA) is 38.7 Å². The summed E-state index contributed by atoms with van der Waals surface area (Å²) in [7, 11) is 0. The second-order valence-electron chi connectivity index (χ2n) is 10.3. The summed E-state index contributed by atoms with van der Waals surface area (Å²) in [6, 6.07) is 56.0. The largest absolute Gasteiger partial charge is 3.00 e. The first kappa shape index (κ1) is 32.6. The van der Waals surface area contributed by atoms with Crippen molar-refractivity contribution >= 4 is 31.5 Å². The Labute approximate surface area is 288 Å². The maximum atomic E-state index is 4.44. The molecule has 4 aromatic carbocycles. The Bertz CT molecular complexity index is 2050. The van der Waals surface area contributed by atoms with E-state index in [-0.39, 0.29) is 20.1 Å². The number of benzene rings is 4. The van der Waals surface area contributed by atoms with Crippen molar-refractivity contribution in [3.05, 3.63) is 175 Å². The van der Waals surface area contributed by atoms with Crippen molar-refractivity contribution in [3.8, 4) is 33.8 Å². The number of aromatic nitrogens is 3. The normalized spacial score (nSPS) is 10.2. The van der Waals surface area contributed by atoms with Crippen LogP contribution >= 0.6 is 11.3 Å². The summed E-state index contributed by atoms with van der Waals surface area (Å²) in [4.78, 5) is 13.3. The zero-order valence-electron chi connectivity index (χ0n) is 25.4. The maximum Gasteiger partial charge on any atom is 3.00 e. The molecule has 4 heterocycles. The minimum Gasteiger partial charge on any atom is -0.305 e. The van der Waals surface area contributed by atoms with Crippen LogP contribution in [0.1, 0.15) is 11.4 Å². The van der Waals surface area contributed by atoms with Gasteiger partial charge in [0.1, 0.15) is 0 Å². The number of pyridine rings is 3. The van der Waals surface area contributed by atoms with E-state index in [1.807, 2.05) is 141 Å². The zero-order chi connectivity index (χ0) is 30.8. The van der Waals surface area contributed by atoms with Crippen LogP contribution in [0.3, 0.4) is 0 Å². The van der Waals surface area contributed by atoms with Crippen LogP contribution in [0.4, 0.5) is 0 Å². The fourth-order valence-corrected chi connectivity index (χ4v) is 6.09. The minimum absolute atomic E-state index is 0. The minimum atomic E-state index is 0. The quantitative estimate of drug-likeness (QED) is 0.167. The van der Waals surface area contributed by atoms with Crippen LogP contribution in [0, 0.1) is 32.0 Å². The molecule has 0 atom stereocenters. The number of nitrogens with zero attached hydrogens (tertiary/aromatic N) is 3. The Kier molecular flexibility index (Phi) is 11.3. The van der Waals surface area contributed by atoms with Crippen molar-refractivity contribution in [2.45, 2.75) is 13.8 Å². The summed E-state index contributed by atoms with van der Waals surface area (Å²) >= 11 is 1.81. The molecule has 4 aromatic heterocycles. The summed E-state index contributed by atoms with van der Waals surface area (Å²) in [5.41, 5.74) is 8.22. The van der Waals surface area contributed by atoms with Crippen molar-refractivity contribution < 1.29 is 20.1 Å². The van der Waals surface area contributed by atoms with Gasteiger partial charge in [-0.05, 0) is 65.3 Å². The second-order valence-corrected chi connectivity index (χ2v) is 11.3. The van der Waals surface area contributed by atoms with Crippen LogP contribution in [-0.2, 0) is 20.1 Å². The molecule has 0 bridgehead atoms. The molecule has 0 unspecified atom stereocenters. The summed E-state index contributed by atoms with van der Waals surface area (Å²) in [5, 5.41) is 2.61. The SMILES string of the molecule is Cc1cccc(-c2[c-]cccc2)n1.Cc1cccc(-c2[c-]cccc2)n1.[Ir+3].[c-]1ccc2c(sc3ccccc32)c1-c1ccccn1. The summed E-state index contributed by atoms with van der Waals surface area (Å²) < 4.78 is 2.58. The average molecular weight is 789 g/mol. The Morgan fingerprint density at radius 2 is 1.09 bits per heavy atom. The zero-order valence-corrected chi connectivity index (χ0v) is 28.7. The number of hydrogen-bond donors (Lipinski definition) is 0. The van der Waals surface area contributed by atoms with Gasteiger partial charge in [-0.2, -0.15) is 11.3 Å². The molecule has 0 radical (unpaired) electrons. The number of rotatable bonds is 3. The first-order valence-electron chi connectivity index (χ1n) is 14.7. The van der Waals surface area contributed by atoms with Gasteiger partial charge in [0.05, 0.1) is 0 Å². The van der Waals surface area contributed by atoms with Gasteiger partial charge in [-0.25, -0.2) is 0 Å². The van der Waals surface area contributed by atoms with E-state index in [0.29, 0.717) is 0 Å². The second kappa shape index (κ2) is 16.0. The van der Waals surface area contributed by atoms with Crippen LogP contribution in [0.2, 0.25) is 0 Å². The van der Waals surface area contributed by atoms with Gasteiger partial charge in [0.2, 0.25) is 0 Å². The summed E-state index contributed by atoms with van der Waals surface area (Å²) in [6.45, 7) is 3.98. The van der Waals surface area contributed by atoms with Gasteiger partial charge >= 0.3 is 20.1 Å². The fraction of sp³-hybridized carbons (Fsp3) is 0.0488. The van der Waals surface area contributed by atoms with E-state index in [4.69, 9.17) is 0 Å². The number of aryl methyl sites for hydroxylation is 2. The van der Waals surface area contributed by atoms with Gasteiger partial charge in [-0.1, -0.05) is 60.0 Å². The van der Waals surface area contributed by atoms with E-state index in [9.17, 15) is 0 Å². The molecule has 0 spiro atoms. The van der Waals surface area contributed by atoms with E-state index in [2.05, 4.69) is 63.5 Å². The third kappa shape index (κ3) is 8.07. The van der Waals surface area contributed by atoms with Crippen molar-refractivity contribution in [2.24, 2.45) is 0 Å². The van der Waals surface area contributed by atoms with Crippen LogP contribution < -0.4 is 0 Å². The maximum absolute atomic E-state index is 4.44. The number of thiophene rings is 1. The van der Waals surface area contributed by atoms with Crippen LogP contribution in [0.25, 0.3) is 53.9 Å². The van der Waals surface area contributed by atoms with Gasteiger partial charge in [-0.3, -0.25) is 0 Å². The van der Waals surface area contributed by atoms with Gasteiger partial charge in [0.25, 0.3) is 0 Å². The summed E-state index contributed by atoms with van der Waals surface area (Å²) in [5.74, 6) is 0. The van der Waals surface area contributed by atoms with Crippen LogP contribution in [0.15, 0.2) is 146 Å². The van der Waals surface area contributed by atoms with Gasteiger partial charge in [0.15, 0.2) is 0 Å². The average Bonchev–Trinajstić information content (AvgIpc) is 3.49. The van der Waals surface area contributed by atoms with E-state index < -0.39 is 0 Å². The molecule has 224 valence electrons. The van der Waals surface area contributed by atoms with Gasteiger partial charge < -0.3 is 15.0 Å². The van der Waals surface area contributed by atoms with Crippen molar-refractivity contribution in [3.63, 3.8) is 0 Å². The molecule has 0 saturated heterocycles. The third-order valence-corrected chi connectivity index (χ3v) is 8.21. The first-order valence-corrected chi connectivity index (χ1v) is 15.5. The molecule has 46 heavy (non-hydrogen) atoms. The standard InChI is InChI=1S/C17H10NS.2C12H10N.Ir/c1-2-10-16-12(6-1)13-7-5-8-14(17(13)19-16)15-9-3-4-11-18-15;2*1-10-6-5-9-12(13-10)11-7-3-2-4-8-11;/h1-7,9-11H;2*2-7,9H,1H3;/q3*-1;+3. The molecular formula is C41H30IrN3S. The predicted molar refractivity (Wildman–Crippen MR) is 188 cm³/mol. The van der Waals surface area contributed by atoms with Gasteiger partial charge in [0, 0.05) is 22.3 Å². The molecule has 8 aromatic rings. The van der Waals surface area contributed by atoms with Crippen molar-refractivity contribution in [2.75, 3.05) is 0 Å². The van der Waals surface area contributed by atoms with Gasteiger partial charge in [-0.15, -0.1) is 95.6 Å². The molecule has 0 amide bonds. The van der Waals surface area contributed by atoms with E-state index in [1.165, 1.54) is 20.2 Å². The van der Waals surface area contributed by atoms with E-state index in [0.717, 1.165) is 45.2 Å². The van der Waals surface area contributed by atoms with Crippen LogP contribution in [-0.4, -0.2) is 15.0 Å². The molecule has 3 nitrogen and oxygen atoms in total. The van der Waals surface area contributed by atoms with E-state index in [1.54, 1.807) is 0 Å². The Balaban J connectivity index is 0.000000139. The number of hydrogen-bond acceptors (Lipinski definition) is 4. The fourth-order valence-electron chi connectivity index (χ4n) is 4.88. The third-order valence-electron chi connectivity index (χ3n) is 7.01. The molecule has 0 saturated carbocycles. The molecule has 0 fully saturated rings. The molecule has 0 N–H and O–H groups in total. The monoisotopic (exact) mass is 789 g/mol. The molecular weight excluding hydrogens is 759 g/mol. The molecule has 0 aliphatic rings. The Morgan fingerprint density at radius 3 is 1.65 bits per heavy atom. The van der Waals surface area contributed by atoms with Crippen molar-refractivity contribution in [1.82, 2.24) is 15.0 Å². The predicted octanol–water partition coefficient (Wildman–Crippen LogP) is 10.6. The molecule has 0 aliphatic carbocycles. The van der Waals surface area contributed by atoms with E-state index >= 15 is 0 Å². The first-order chi connectivity index (χ1) is 22.2. The molecule has 8 rings (SSSR count). The Morgan fingerprint density at radius 1 is 0.500 bits per heavy atom. The molecule has 0 aliphatic heterocycles. The number of fused-ring (bicyclic) bond motifs is 3. The Hall–Kier alpha value is -4.80. The summed E-state index contributed by atoms with van der Waals surface area (Å²) in [6.07, 6.45) is 1.83.